The molecule has 1 N–H and O–H groups in total. The first kappa shape index (κ1) is 14.6. The van der Waals surface area contributed by atoms with Gasteiger partial charge in [0, 0.05) is 0 Å². The molecule has 0 fully saturated rings. The molecule has 0 spiro atoms. The number of imide groups is 1. The van der Waals surface area contributed by atoms with Gasteiger partial charge in [-0.25, -0.2) is 4.90 Å². The molecule has 0 aromatic heterocycles. The zero-order chi connectivity index (χ0) is 15.9. The van der Waals surface area contributed by atoms with Crippen LogP contribution in [-0.4, -0.2) is 16.9 Å². The number of carbonyl (C=O) groups is 2. The summed E-state index contributed by atoms with van der Waals surface area (Å²) in [6, 6.07) is 13.1. The van der Waals surface area contributed by atoms with Gasteiger partial charge in [0.25, 0.3) is 5.91 Å². The van der Waals surface area contributed by atoms with Gasteiger partial charge in [0.15, 0.2) is 5.76 Å². The van der Waals surface area contributed by atoms with Crippen molar-refractivity contribution >= 4 is 46.3 Å². The summed E-state index contributed by atoms with van der Waals surface area (Å²) in [5, 5.41) is 10.4. The number of benzene rings is 2. The number of aliphatic hydroxyl groups excluding tert-OH is 1. The van der Waals surface area contributed by atoms with E-state index in [2.05, 4.69) is 0 Å². The first-order valence-electron chi connectivity index (χ1n) is 6.34. The molecule has 0 atom stereocenters. The molecule has 1 aliphatic rings. The Morgan fingerprint density at radius 2 is 1.55 bits per heavy atom. The Labute approximate surface area is 136 Å². The molecule has 0 unspecified atom stereocenters. The molecule has 3 rings (SSSR count). The average molecular weight is 334 g/mol. The number of anilines is 1. The molecule has 0 saturated heterocycles. The summed E-state index contributed by atoms with van der Waals surface area (Å²) in [6.07, 6.45) is 0. The molecular formula is C16H9Cl2NO3. The van der Waals surface area contributed by atoms with E-state index < -0.39 is 17.6 Å². The summed E-state index contributed by atoms with van der Waals surface area (Å²) in [5.41, 5.74) is 0.544. The Balaban J connectivity index is 2.11. The Hall–Kier alpha value is -2.30. The Morgan fingerprint density at radius 3 is 2.23 bits per heavy atom. The smallest absolute Gasteiger partial charge is 0.301 e. The second-order valence-corrected chi connectivity index (χ2v) is 5.39. The van der Waals surface area contributed by atoms with Crippen molar-refractivity contribution in [2.24, 2.45) is 0 Å². The van der Waals surface area contributed by atoms with Crippen LogP contribution in [0.1, 0.15) is 5.56 Å². The van der Waals surface area contributed by atoms with Gasteiger partial charge in [-0.2, -0.15) is 0 Å². The van der Waals surface area contributed by atoms with Crippen molar-refractivity contribution in [2.45, 2.75) is 0 Å². The van der Waals surface area contributed by atoms with Gasteiger partial charge >= 0.3 is 5.91 Å². The third-order valence-corrected chi connectivity index (χ3v) is 4.10. The predicted molar refractivity (Wildman–Crippen MR) is 84.9 cm³/mol. The lowest BCUT2D eigenvalue weighted by Gasteiger charge is -2.16. The van der Waals surface area contributed by atoms with E-state index in [9.17, 15) is 14.7 Å². The number of nitrogens with zero attached hydrogens (tertiary/aromatic N) is 1. The van der Waals surface area contributed by atoms with Gasteiger partial charge in [-0.3, -0.25) is 9.59 Å². The molecule has 0 saturated carbocycles. The third kappa shape index (κ3) is 2.17. The maximum absolute atomic E-state index is 12.6. The summed E-state index contributed by atoms with van der Waals surface area (Å²) >= 11 is 12.0. The van der Waals surface area contributed by atoms with Gasteiger partial charge in [0.05, 0.1) is 21.3 Å². The molecule has 110 valence electrons. The van der Waals surface area contributed by atoms with Gasteiger partial charge in [-0.15, -0.1) is 0 Å². The molecule has 0 bridgehead atoms. The normalized spacial score (nSPS) is 14.9. The minimum Gasteiger partial charge on any atom is -0.502 e. The highest BCUT2D eigenvalue weighted by Crippen LogP contribution is 2.38. The number of amides is 2. The minimum atomic E-state index is -0.826. The first-order chi connectivity index (χ1) is 10.5. The molecule has 2 aromatic rings. The van der Waals surface area contributed by atoms with Crippen LogP contribution in [0.5, 0.6) is 0 Å². The molecule has 2 amide bonds. The van der Waals surface area contributed by atoms with E-state index in [4.69, 9.17) is 23.2 Å². The van der Waals surface area contributed by atoms with Gasteiger partial charge in [0.2, 0.25) is 0 Å². The predicted octanol–water partition coefficient (Wildman–Crippen LogP) is 3.84. The van der Waals surface area contributed by atoms with Crippen LogP contribution in [0.2, 0.25) is 10.0 Å². The van der Waals surface area contributed by atoms with E-state index in [1.54, 1.807) is 42.5 Å². The molecule has 1 aliphatic heterocycles. The standard InChI is InChI=1S/C16H9Cl2NO3/c17-10-7-4-8-11(13(10)18)19-15(21)12(14(20)16(19)22)9-5-2-1-3-6-9/h1-8,20H. The number of halogens is 2. The van der Waals surface area contributed by atoms with Crippen molar-refractivity contribution in [1.82, 2.24) is 0 Å². The second kappa shape index (κ2) is 5.48. The van der Waals surface area contributed by atoms with Crippen molar-refractivity contribution in [3.63, 3.8) is 0 Å². The zero-order valence-electron chi connectivity index (χ0n) is 11.1. The van der Waals surface area contributed by atoms with Crippen LogP contribution in [0.3, 0.4) is 0 Å². The molecule has 22 heavy (non-hydrogen) atoms. The van der Waals surface area contributed by atoms with E-state index in [-0.39, 0.29) is 21.3 Å². The highest BCUT2D eigenvalue weighted by Gasteiger charge is 2.41. The fraction of sp³-hybridized carbons (Fsp3) is 0. The van der Waals surface area contributed by atoms with Crippen molar-refractivity contribution < 1.29 is 14.7 Å². The second-order valence-electron chi connectivity index (χ2n) is 4.61. The maximum Gasteiger partial charge on any atom is 0.301 e. The zero-order valence-corrected chi connectivity index (χ0v) is 12.6. The van der Waals surface area contributed by atoms with Crippen LogP contribution in [0.25, 0.3) is 5.57 Å². The van der Waals surface area contributed by atoms with Crippen molar-refractivity contribution in [3.05, 3.63) is 69.9 Å². The molecular weight excluding hydrogens is 325 g/mol. The van der Waals surface area contributed by atoms with Crippen molar-refractivity contribution in [2.75, 3.05) is 4.90 Å². The SMILES string of the molecule is O=C1C(O)=C(c2ccccc2)C(=O)N1c1cccc(Cl)c1Cl. The quantitative estimate of drug-likeness (QED) is 0.849. The van der Waals surface area contributed by atoms with E-state index in [1.165, 1.54) is 6.07 Å². The lowest BCUT2D eigenvalue weighted by molar-refractivity contribution is -0.121. The minimum absolute atomic E-state index is 0.0540. The van der Waals surface area contributed by atoms with Crippen LogP contribution >= 0.6 is 23.2 Å². The fourth-order valence-corrected chi connectivity index (χ4v) is 2.65. The molecule has 0 aliphatic carbocycles. The lowest BCUT2D eigenvalue weighted by Crippen LogP contribution is -2.31. The highest BCUT2D eigenvalue weighted by atomic mass is 35.5. The van der Waals surface area contributed by atoms with E-state index in [0.717, 1.165) is 4.90 Å². The number of hydrogen-bond donors (Lipinski definition) is 1. The van der Waals surface area contributed by atoms with E-state index in [0.29, 0.717) is 5.56 Å². The topological polar surface area (TPSA) is 57.6 Å². The monoisotopic (exact) mass is 333 g/mol. The van der Waals surface area contributed by atoms with Gasteiger partial charge in [-0.05, 0) is 17.7 Å². The maximum atomic E-state index is 12.6. The number of carbonyl (C=O) groups excluding carboxylic acids is 2. The first-order valence-corrected chi connectivity index (χ1v) is 7.09. The van der Waals surface area contributed by atoms with Crippen LogP contribution in [0.15, 0.2) is 54.3 Å². The molecule has 6 heteroatoms. The van der Waals surface area contributed by atoms with Crippen molar-refractivity contribution in [3.8, 4) is 0 Å². The van der Waals surface area contributed by atoms with Crippen LogP contribution < -0.4 is 4.90 Å². The largest absolute Gasteiger partial charge is 0.502 e. The highest BCUT2D eigenvalue weighted by molar-refractivity contribution is 6.49. The lowest BCUT2D eigenvalue weighted by atomic mass is 10.1. The van der Waals surface area contributed by atoms with Gasteiger partial charge in [0.1, 0.15) is 0 Å². The molecule has 4 nitrogen and oxygen atoms in total. The van der Waals surface area contributed by atoms with Crippen LogP contribution in [0.4, 0.5) is 5.69 Å². The molecule has 1 heterocycles. The number of rotatable bonds is 2. The number of hydrogen-bond acceptors (Lipinski definition) is 3. The van der Waals surface area contributed by atoms with E-state index in [1.807, 2.05) is 0 Å². The van der Waals surface area contributed by atoms with Crippen molar-refractivity contribution in [1.29, 1.82) is 0 Å². The van der Waals surface area contributed by atoms with Gasteiger partial charge in [-0.1, -0.05) is 59.6 Å². The summed E-state index contributed by atoms with van der Waals surface area (Å²) < 4.78 is 0. The average Bonchev–Trinajstić information content (AvgIpc) is 2.74. The Kier molecular flexibility index (Phi) is 3.64. The summed E-state index contributed by atoms with van der Waals surface area (Å²) in [7, 11) is 0. The fourth-order valence-electron chi connectivity index (χ4n) is 2.27. The van der Waals surface area contributed by atoms with E-state index >= 15 is 0 Å². The summed E-state index contributed by atoms with van der Waals surface area (Å²) in [6.45, 7) is 0. The Bertz CT molecular complexity index is 815. The van der Waals surface area contributed by atoms with Gasteiger partial charge < -0.3 is 5.11 Å². The van der Waals surface area contributed by atoms with Crippen LogP contribution in [0, 0.1) is 0 Å². The molecule has 0 radical (unpaired) electrons. The van der Waals surface area contributed by atoms with Crippen LogP contribution in [-0.2, 0) is 9.59 Å². The molecule has 2 aromatic carbocycles. The Morgan fingerprint density at radius 1 is 0.864 bits per heavy atom. The summed E-state index contributed by atoms with van der Waals surface area (Å²) in [5.74, 6) is -2.07. The summed E-state index contributed by atoms with van der Waals surface area (Å²) in [4.78, 5) is 25.7. The third-order valence-electron chi connectivity index (χ3n) is 3.29. The number of aliphatic hydroxyl groups is 1.